The average Bonchev–Trinajstić information content (AvgIpc) is 3.50. The van der Waals surface area contributed by atoms with Gasteiger partial charge in [-0.2, -0.15) is 5.10 Å². The van der Waals surface area contributed by atoms with E-state index in [4.69, 9.17) is 11.6 Å². The number of aryl methyl sites for hydroxylation is 2. The van der Waals surface area contributed by atoms with Crippen LogP contribution in [0.1, 0.15) is 57.2 Å². The summed E-state index contributed by atoms with van der Waals surface area (Å²) < 4.78 is 57.6. The van der Waals surface area contributed by atoms with Crippen LogP contribution in [0.25, 0.3) is 0 Å². The van der Waals surface area contributed by atoms with Gasteiger partial charge in [0, 0.05) is 25.3 Å². The standard InChI is InChI=1S/C21H26ClN5O4S2.C5H10/c1-14(2)23-13-16-7-5-6-8-19(16)26-32(28,29)18-11-9-17(10-12-18)25-33(30,31)20-15(3)24-27(4)21(20)22;1-2-4-5-3-1/h5-12,14,23,25-26H,13H2,1-4H3;1-5H2. The maximum absolute atomic E-state index is 12.9. The van der Waals surface area contributed by atoms with Crippen molar-refractivity contribution < 1.29 is 16.8 Å². The van der Waals surface area contributed by atoms with Crippen LogP contribution in [0.4, 0.5) is 11.4 Å². The normalized spacial score (nSPS) is 13.7. The molecule has 0 saturated heterocycles. The van der Waals surface area contributed by atoms with Crippen molar-refractivity contribution in [2.45, 2.75) is 75.3 Å². The number of halogens is 1. The Kier molecular flexibility index (Phi) is 10.2. The maximum atomic E-state index is 12.9. The minimum Gasteiger partial charge on any atom is -0.310 e. The molecule has 1 saturated carbocycles. The van der Waals surface area contributed by atoms with Gasteiger partial charge in [0.2, 0.25) is 0 Å². The molecule has 1 aliphatic carbocycles. The zero-order valence-electron chi connectivity index (χ0n) is 22.2. The topological polar surface area (TPSA) is 122 Å². The summed E-state index contributed by atoms with van der Waals surface area (Å²) in [6, 6.07) is 12.8. The van der Waals surface area contributed by atoms with E-state index >= 15 is 0 Å². The first-order valence-electron chi connectivity index (χ1n) is 12.6. The lowest BCUT2D eigenvalue weighted by atomic mass is 10.2. The lowest BCUT2D eigenvalue weighted by Crippen LogP contribution is -2.23. The molecule has 1 heterocycles. The van der Waals surface area contributed by atoms with Gasteiger partial charge in [-0.1, -0.05) is 75.8 Å². The second kappa shape index (κ2) is 13.0. The summed E-state index contributed by atoms with van der Waals surface area (Å²) in [5.41, 5.74) is 1.72. The van der Waals surface area contributed by atoms with E-state index in [9.17, 15) is 16.8 Å². The van der Waals surface area contributed by atoms with Gasteiger partial charge in [-0.3, -0.25) is 14.1 Å². The lowest BCUT2D eigenvalue weighted by molar-refractivity contribution is 0.589. The van der Waals surface area contributed by atoms with Gasteiger partial charge < -0.3 is 5.32 Å². The molecular weight excluding hydrogens is 546 g/mol. The molecule has 38 heavy (non-hydrogen) atoms. The SMILES string of the molecule is C1CCCC1.Cc1nn(C)c(Cl)c1S(=O)(=O)Nc1ccc(S(=O)(=O)Nc2ccccc2CNC(C)C)cc1. The molecule has 3 aromatic rings. The Morgan fingerprint density at radius 2 is 1.47 bits per heavy atom. The predicted octanol–water partition coefficient (Wildman–Crippen LogP) is 5.43. The van der Waals surface area contributed by atoms with Crippen molar-refractivity contribution in [3.63, 3.8) is 0 Å². The van der Waals surface area contributed by atoms with Crippen molar-refractivity contribution in [1.82, 2.24) is 15.1 Å². The van der Waals surface area contributed by atoms with E-state index in [2.05, 4.69) is 19.9 Å². The molecule has 0 spiro atoms. The summed E-state index contributed by atoms with van der Waals surface area (Å²) in [6.45, 7) is 6.06. The van der Waals surface area contributed by atoms with Gasteiger partial charge in [-0.05, 0) is 42.8 Å². The van der Waals surface area contributed by atoms with Crippen molar-refractivity contribution in [2.24, 2.45) is 7.05 Å². The number of aromatic nitrogens is 2. The van der Waals surface area contributed by atoms with Crippen molar-refractivity contribution in [1.29, 1.82) is 0 Å². The second-order valence-electron chi connectivity index (χ2n) is 9.52. The van der Waals surface area contributed by atoms with Crippen molar-refractivity contribution >= 4 is 43.0 Å². The minimum absolute atomic E-state index is 0.00680. The summed E-state index contributed by atoms with van der Waals surface area (Å²) in [5, 5.41) is 7.25. The van der Waals surface area contributed by atoms with Crippen LogP contribution in [0, 0.1) is 6.92 Å². The van der Waals surface area contributed by atoms with E-state index in [1.807, 2.05) is 26.0 Å². The molecular formula is C26H36ClN5O4S2. The highest BCUT2D eigenvalue weighted by molar-refractivity contribution is 7.93. The molecule has 0 amide bonds. The van der Waals surface area contributed by atoms with Crippen LogP contribution < -0.4 is 14.8 Å². The molecule has 1 aromatic heterocycles. The largest absolute Gasteiger partial charge is 0.310 e. The third-order valence-electron chi connectivity index (χ3n) is 6.00. The average molecular weight is 582 g/mol. The van der Waals surface area contributed by atoms with Crippen molar-refractivity contribution in [3.05, 3.63) is 64.9 Å². The fourth-order valence-corrected chi connectivity index (χ4v) is 6.91. The smallest absolute Gasteiger partial charge is 0.266 e. The van der Waals surface area contributed by atoms with E-state index in [0.717, 1.165) is 5.56 Å². The van der Waals surface area contributed by atoms with Gasteiger partial charge >= 0.3 is 0 Å². The highest BCUT2D eigenvalue weighted by Crippen LogP contribution is 2.27. The summed E-state index contributed by atoms with van der Waals surface area (Å²) in [6.07, 6.45) is 7.50. The Hall–Kier alpha value is -2.60. The number of rotatable bonds is 9. The van der Waals surface area contributed by atoms with E-state index in [-0.39, 0.29) is 32.4 Å². The number of sulfonamides is 2. The van der Waals surface area contributed by atoms with Crippen LogP contribution in [-0.4, -0.2) is 32.7 Å². The zero-order valence-corrected chi connectivity index (χ0v) is 24.5. The fourth-order valence-electron chi connectivity index (χ4n) is 4.00. The quantitative estimate of drug-likeness (QED) is 0.310. The van der Waals surface area contributed by atoms with Gasteiger partial charge in [0.15, 0.2) is 0 Å². The first-order valence-corrected chi connectivity index (χ1v) is 15.9. The Balaban J connectivity index is 0.000000715. The predicted molar refractivity (Wildman–Crippen MR) is 153 cm³/mol. The number of hydrogen-bond donors (Lipinski definition) is 3. The van der Waals surface area contributed by atoms with Crippen LogP contribution in [-0.2, 0) is 33.6 Å². The van der Waals surface area contributed by atoms with Gasteiger partial charge in [0.05, 0.1) is 16.3 Å². The second-order valence-corrected chi connectivity index (χ2v) is 13.2. The number of benzene rings is 2. The van der Waals surface area contributed by atoms with Crippen molar-refractivity contribution in [3.8, 4) is 0 Å². The van der Waals surface area contributed by atoms with Gasteiger partial charge in [-0.15, -0.1) is 0 Å². The molecule has 3 N–H and O–H groups in total. The summed E-state index contributed by atoms with van der Waals surface area (Å²) in [4.78, 5) is -0.135. The molecule has 1 aliphatic rings. The molecule has 1 fully saturated rings. The Morgan fingerprint density at radius 1 is 0.895 bits per heavy atom. The Labute approximate surface area is 231 Å². The van der Waals surface area contributed by atoms with Crippen molar-refractivity contribution in [2.75, 3.05) is 9.44 Å². The highest BCUT2D eigenvalue weighted by Gasteiger charge is 2.25. The molecule has 4 rings (SSSR count). The number of nitrogens with one attached hydrogen (secondary N) is 3. The third-order valence-corrected chi connectivity index (χ3v) is 9.46. The number of anilines is 2. The molecule has 2 aromatic carbocycles. The van der Waals surface area contributed by atoms with Gasteiger partial charge in [-0.25, -0.2) is 16.8 Å². The van der Waals surface area contributed by atoms with Gasteiger partial charge in [0.1, 0.15) is 10.0 Å². The molecule has 9 nitrogen and oxygen atoms in total. The highest BCUT2D eigenvalue weighted by atomic mass is 35.5. The Morgan fingerprint density at radius 3 is 2.00 bits per heavy atom. The number of nitrogens with zero attached hydrogens (tertiary/aromatic N) is 2. The number of para-hydroxylation sites is 1. The monoisotopic (exact) mass is 581 g/mol. The molecule has 0 unspecified atom stereocenters. The summed E-state index contributed by atoms with van der Waals surface area (Å²) in [7, 11) is -6.35. The van der Waals surface area contributed by atoms with Crippen LogP contribution in [0.15, 0.2) is 58.3 Å². The van der Waals surface area contributed by atoms with E-state index < -0.39 is 20.0 Å². The number of hydrogen-bond acceptors (Lipinski definition) is 6. The molecule has 12 heteroatoms. The first-order chi connectivity index (χ1) is 17.9. The first kappa shape index (κ1) is 29.9. The van der Waals surface area contributed by atoms with Crippen LogP contribution >= 0.6 is 11.6 Å². The van der Waals surface area contributed by atoms with Crippen LogP contribution in [0.2, 0.25) is 5.15 Å². The summed E-state index contributed by atoms with van der Waals surface area (Å²) in [5.74, 6) is 0. The molecule has 208 valence electrons. The third kappa shape index (κ3) is 7.95. The van der Waals surface area contributed by atoms with Crippen LogP contribution in [0.3, 0.4) is 0 Å². The summed E-state index contributed by atoms with van der Waals surface area (Å²) >= 11 is 6.07. The molecule has 0 bridgehead atoms. The lowest BCUT2D eigenvalue weighted by Gasteiger charge is -2.15. The van der Waals surface area contributed by atoms with E-state index in [1.165, 1.54) is 75.0 Å². The molecule has 0 radical (unpaired) electrons. The van der Waals surface area contributed by atoms with E-state index in [0.29, 0.717) is 12.2 Å². The maximum Gasteiger partial charge on any atom is 0.266 e. The molecule has 0 aliphatic heterocycles. The van der Waals surface area contributed by atoms with E-state index in [1.54, 1.807) is 12.1 Å². The minimum atomic E-state index is -4.01. The Bertz CT molecular complexity index is 1430. The zero-order chi connectivity index (χ0) is 27.9. The molecule has 0 atom stereocenters. The van der Waals surface area contributed by atoms with Crippen LogP contribution in [0.5, 0.6) is 0 Å². The van der Waals surface area contributed by atoms with Gasteiger partial charge in [0.25, 0.3) is 20.0 Å². The fraction of sp³-hybridized carbons (Fsp3) is 0.423.